The number of urea groups is 1. The first-order chi connectivity index (χ1) is 17.1. The summed E-state index contributed by atoms with van der Waals surface area (Å²) in [6.45, 7) is 2.71. The van der Waals surface area contributed by atoms with Crippen LogP contribution in [0.25, 0.3) is 5.00 Å². The van der Waals surface area contributed by atoms with Crippen LogP contribution in [0.15, 0.2) is 71.8 Å². The maximum atomic E-state index is 14.0. The number of carbonyl (C=O) groups excluding carboxylic acids is 1. The highest BCUT2D eigenvalue weighted by atomic mass is 32.2. The Labute approximate surface area is 215 Å². The van der Waals surface area contributed by atoms with E-state index in [0.29, 0.717) is 6.54 Å². The minimum atomic E-state index is -0.173. The molecule has 3 heterocycles. The SMILES string of the molecule is CSc1cccc(NC(=O)N2Cc3c(sc4c3CCCC4)-n3cccc3[C@H]2c2ccc(C)cc2)c1. The molecular weight excluding hydrogens is 470 g/mol. The van der Waals surface area contributed by atoms with Gasteiger partial charge in [0.1, 0.15) is 5.00 Å². The van der Waals surface area contributed by atoms with E-state index in [4.69, 9.17) is 0 Å². The Morgan fingerprint density at radius 2 is 1.86 bits per heavy atom. The van der Waals surface area contributed by atoms with E-state index in [9.17, 15) is 4.79 Å². The summed E-state index contributed by atoms with van der Waals surface area (Å²) < 4.78 is 2.34. The van der Waals surface area contributed by atoms with Crippen LogP contribution in [0.1, 0.15) is 51.7 Å². The van der Waals surface area contributed by atoms with Crippen LogP contribution in [0, 0.1) is 6.92 Å². The second-order valence-corrected chi connectivity index (χ2v) is 11.4. The number of anilines is 1. The number of benzene rings is 2. The molecule has 1 aliphatic heterocycles. The van der Waals surface area contributed by atoms with Crippen molar-refractivity contribution in [3.8, 4) is 5.00 Å². The highest BCUT2D eigenvalue weighted by Crippen LogP contribution is 2.44. The second-order valence-electron chi connectivity index (χ2n) is 9.40. The molecule has 1 aliphatic carbocycles. The fourth-order valence-electron chi connectivity index (χ4n) is 5.38. The van der Waals surface area contributed by atoms with E-state index in [1.165, 1.54) is 39.4 Å². The van der Waals surface area contributed by atoms with Gasteiger partial charge in [0.2, 0.25) is 0 Å². The Balaban J connectivity index is 1.48. The van der Waals surface area contributed by atoms with Crippen molar-refractivity contribution in [1.29, 1.82) is 0 Å². The molecule has 2 amide bonds. The summed E-state index contributed by atoms with van der Waals surface area (Å²) in [5.74, 6) is 0. The Hall–Kier alpha value is -2.96. The van der Waals surface area contributed by atoms with E-state index in [0.717, 1.165) is 34.7 Å². The monoisotopic (exact) mass is 499 g/mol. The summed E-state index contributed by atoms with van der Waals surface area (Å²) in [6.07, 6.45) is 8.97. The van der Waals surface area contributed by atoms with E-state index >= 15 is 0 Å². The number of aryl methyl sites for hydroxylation is 2. The number of rotatable bonds is 3. The molecule has 1 N–H and O–H groups in total. The van der Waals surface area contributed by atoms with Gasteiger partial charge in [-0.15, -0.1) is 23.1 Å². The minimum absolute atomic E-state index is 0.0646. The number of thiophene rings is 1. The van der Waals surface area contributed by atoms with Gasteiger partial charge >= 0.3 is 6.03 Å². The van der Waals surface area contributed by atoms with Crippen molar-refractivity contribution in [2.45, 2.75) is 50.1 Å². The van der Waals surface area contributed by atoms with Gasteiger partial charge < -0.3 is 14.8 Å². The average molecular weight is 500 g/mol. The Kier molecular flexibility index (Phi) is 5.94. The van der Waals surface area contributed by atoms with Crippen LogP contribution in [-0.2, 0) is 19.4 Å². The molecule has 2 aromatic carbocycles. The first-order valence-electron chi connectivity index (χ1n) is 12.2. The van der Waals surface area contributed by atoms with Crippen LogP contribution >= 0.6 is 23.1 Å². The topological polar surface area (TPSA) is 37.3 Å². The molecular formula is C29H29N3OS2. The highest BCUT2D eigenvalue weighted by molar-refractivity contribution is 7.98. The molecule has 0 saturated heterocycles. The van der Waals surface area contributed by atoms with Gasteiger partial charge in [-0.05, 0) is 80.3 Å². The van der Waals surface area contributed by atoms with Gasteiger partial charge in [0, 0.05) is 27.2 Å². The summed E-state index contributed by atoms with van der Waals surface area (Å²) in [7, 11) is 0. The van der Waals surface area contributed by atoms with Crippen molar-refractivity contribution in [3.05, 3.63) is 99.7 Å². The van der Waals surface area contributed by atoms with Gasteiger partial charge in [0.25, 0.3) is 0 Å². The normalized spacial score (nSPS) is 16.7. The Morgan fingerprint density at radius 1 is 1.03 bits per heavy atom. The lowest BCUT2D eigenvalue weighted by molar-refractivity contribution is 0.194. The highest BCUT2D eigenvalue weighted by Gasteiger charge is 2.36. The van der Waals surface area contributed by atoms with Crippen molar-refractivity contribution >= 4 is 34.8 Å². The summed E-state index contributed by atoms with van der Waals surface area (Å²) >= 11 is 3.60. The van der Waals surface area contributed by atoms with Crippen LogP contribution in [-0.4, -0.2) is 21.8 Å². The van der Waals surface area contributed by atoms with Crippen molar-refractivity contribution in [2.24, 2.45) is 0 Å². The van der Waals surface area contributed by atoms with Crippen LogP contribution < -0.4 is 5.32 Å². The fraction of sp³-hybridized carbons (Fsp3) is 0.276. The number of amides is 2. The summed E-state index contributed by atoms with van der Waals surface area (Å²) in [5, 5.41) is 4.50. The van der Waals surface area contributed by atoms with Crippen molar-refractivity contribution in [3.63, 3.8) is 0 Å². The maximum absolute atomic E-state index is 14.0. The van der Waals surface area contributed by atoms with Crippen molar-refractivity contribution in [2.75, 3.05) is 11.6 Å². The predicted octanol–water partition coefficient (Wildman–Crippen LogP) is 7.59. The van der Waals surface area contributed by atoms with Crippen LogP contribution in [0.4, 0.5) is 10.5 Å². The van der Waals surface area contributed by atoms with E-state index < -0.39 is 0 Å². The lowest BCUT2D eigenvalue weighted by atomic mass is 9.95. The zero-order chi connectivity index (χ0) is 23.9. The first-order valence-corrected chi connectivity index (χ1v) is 14.3. The van der Waals surface area contributed by atoms with Gasteiger partial charge in [-0.1, -0.05) is 35.9 Å². The molecule has 0 unspecified atom stereocenters. The average Bonchev–Trinajstić information content (AvgIpc) is 3.47. The van der Waals surface area contributed by atoms with Crippen LogP contribution in [0.2, 0.25) is 0 Å². The molecule has 2 aromatic heterocycles. The third kappa shape index (κ3) is 4.09. The number of thioether (sulfide) groups is 1. The number of nitrogens with zero attached hydrogens (tertiary/aromatic N) is 2. The van der Waals surface area contributed by atoms with Gasteiger partial charge in [0.05, 0.1) is 18.3 Å². The van der Waals surface area contributed by atoms with Gasteiger partial charge in [0.15, 0.2) is 0 Å². The molecule has 4 aromatic rings. The first kappa shape index (κ1) is 22.5. The smallest absolute Gasteiger partial charge is 0.310 e. The number of fused-ring (bicyclic) bond motifs is 5. The largest absolute Gasteiger partial charge is 0.322 e. The molecule has 35 heavy (non-hydrogen) atoms. The third-order valence-electron chi connectivity index (χ3n) is 7.15. The molecule has 1 atom stereocenters. The molecule has 0 spiro atoms. The minimum Gasteiger partial charge on any atom is -0.310 e. The molecule has 2 aliphatic rings. The van der Waals surface area contributed by atoms with E-state index in [1.807, 2.05) is 34.4 Å². The number of carbonyl (C=O) groups is 1. The third-order valence-corrected chi connectivity index (χ3v) is 9.21. The molecule has 6 rings (SSSR count). The number of aromatic nitrogens is 1. The molecule has 0 saturated carbocycles. The number of hydrogen-bond donors (Lipinski definition) is 1. The fourth-order valence-corrected chi connectivity index (χ4v) is 7.25. The summed E-state index contributed by atoms with van der Waals surface area (Å²) in [5.41, 5.74) is 7.12. The second kappa shape index (κ2) is 9.25. The molecule has 6 heteroatoms. The number of nitrogens with one attached hydrogen (secondary N) is 1. The maximum Gasteiger partial charge on any atom is 0.322 e. The molecule has 178 valence electrons. The lowest BCUT2D eigenvalue weighted by Crippen LogP contribution is -2.38. The zero-order valence-corrected chi connectivity index (χ0v) is 21.7. The van der Waals surface area contributed by atoms with Crippen LogP contribution in [0.3, 0.4) is 0 Å². The molecule has 0 radical (unpaired) electrons. The zero-order valence-electron chi connectivity index (χ0n) is 20.1. The summed E-state index contributed by atoms with van der Waals surface area (Å²) in [4.78, 5) is 18.7. The van der Waals surface area contributed by atoms with Gasteiger partial charge in [-0.2, -0.15) is 0 Å². The van der Waals surface area contributed by atoms with Gasteiger partial charge in [-0.25, -0.2) is 4.79 Å². The van der Waals surface area contributed by atoms with Crippen molar-refractivity contribution in [1.82, 2.24) is 9.47 Å². The van der Waals surface area contributed by atoms with Crippen LogP contribution in [0.5, 0.6) is 0 Å². The molecule has 0 bridgehead atoms. The number of hydrogen-bond acceptors (Lipinski definition) is 3. The quantitative estimate of drug-likeness (QED) is 0.295. The summed E-state index contributed by atoms with van der Waals surface area (Å²) in [6, 6.07) is 20.7. The molecule has 4 nitrogen and oxygen atoms in total. The lowest BCUT2D eigenvalue weighted by Gasteiger charge is -2.31. The van der Waals surface area contributed by atoms with Gasteiger partial charge in [-0.3, -0.25) is 0 Å². The van der Waals surface area contributed by atoms with E-state index in [2.05, 4.69) is 71.7 Å². The predicted molar refractivity (Wildman–Crippen MR) is 146 cm³/mol. The molecule has 0 fully saturated rings. The van der Waals surface area contributed by atoms with E-state index in [-0.39, 0.29) is 12.1 Å². The Bertz CT molecular complexity index is 1390. The van der Waals surface area contributed by atoms with E-state index in [1.54, 1.807) is 11.8 Å². The van der Waals surface area contributed by atoms with Crippen molar-refractivity contribution < 1.29 is 4.79 Å². The standard InChI is InChI=1S/C29H29N3OS2/c1-19-12-14-20(15-13-19)27-25-10-6-16-31(25)28-24(23-9-3-4-11-26(23)35-28)18-32(27)29(33)30-21-7-5-8-22(17-21)34-2/h5-8,10,12-17,27H,3-4,9,11,18H2,1-2H3,(H,30,33)/t27-/m1/s1. The Morgan fingerprint density at radius 3 is 2.69 bits per heavy atom.